The second-order valence-corrected chi connectivity index (χ2v) is 5.75. The minimum Gasteiger partial charge on any atom is -0.466 e. The zero-order valence-electron chi connectivity index (χ0n) is 13.2. The van der Waals surface area contributed by atoms with Crippen molar-refractivity contribution in [2.45, 2.75) is 18.9 Å². The van der Waals surface area contributed by atoms with E-state index in [0.717, 1.165) is 5.56 Å². The van der Waals surface area contributed by atoms with Gasteiger partial charge in [-0.05, 0) is 19.1 Å². The van der Waals surface area contributed by atoms with Crippen molar-refractivity contribution in [2.24, 2.45) is 0 Å². The number of nitrogens with zero attached hydrogens (tertiary/aromatic N) is 1. The minimum absolute atomic E-state index is 0.0444. The lowest BCUT2D eigenvalue weighted by Crippen LogP contribution is -2.39. The molecule has 0 bridgehead atoms. The second-order valence-electron chi connectivity index (χ2n) is 5.75. The fraction of sp³-hybridized carbons (Fsp3) is 0.222. The number of aliphatic hydroxyl groups is 1. The van der Waals surface area contributed by atoms with Gasteiger partial charge in [0.15, 0.2) is 5.76 Å². The van der Waals surface area contributed by atoms with Gasteiger partial charge in [-0.25, -0.2) is 0 Å². The summed E-state index contributed by atoms with van der Waals surface area (Å²) in [5.74, 6) is 0.756. The highest BCUT2D eigenvalue weighted by atomic mass is 16.5. The Morgan fingerprint density at radius 3 is 2.75 bits per heavy atom. The first-order valence-corrected chi connectivity index (χ1v) is 7.59. The maximum atomic E-state index is 12.0. The quantitative estimate of drug-likeness (QED) is 0.726. The van der Waals surface area contributed by atoms with Gasteiger partial charge in [0, 0.05) is 11.6 Å². The molecule has 0 saturated heterocycles. The first-order valence-electron chi connectivity index (χ1n) is 7.59. The number of furan rings is 1. The van der Waals surface area contributed by atoms with Crippen LogP contribution in [0.2, 0.25) is 0 Å². The molecule has 6 nitrogen and oxygen atoms in total. The van der Waals surface area contributed by atoms with Crippen LogP contribution in [0.4, 0.5) is 0 Å². The zero-order valence-corrected chi connectivity index (χ0v) is 13.2. The predicted molar refractivity (Wildman–Crippen MR) is 86.9 cm³/mol. The summed E-state index contributed by atoms with van der Waals surface area (Å²) < 4.78 is 10.4. The standard InChI is InChI=1S/C18H18N2O4/c1-18(22,16-8-5-9-23-16)12-19-17(21)11-14-10-15(24-20-14)13-6-3-2-4-7-13/h2-10,22H,11-12H2,1H3,(H,19,21)/t18-/m0/s1. The van der Waals surface area contributed by atoms with Crippen LogP contribution in [0.25, 0.3) is 11.3 Å². The molecule has 0 radical (unpaired) electrons. The number of hydrogen-bond donors (Lipinski definition) is 2. The van der Waals surface area contributed by atoms with E-state index in [0.29, 0.717) is 17.2 Å². The summed E-state index contributed by atoms with van der Waals surface area (Å²) in [5, 5.41) is 16.9. The number of nitrogens with one attached hydrogen (secondary N) is 1. The Labute approximate surface area is 139 Å². The van der Waals surface area contributed by atoms with Crippen LogP contribution >= 0.6 is 0 Å². The van der Waals surface area contributed by atoms with E-state index >= 15 is 0 Å². The van der Waals surface area contributed by atoms with Crippen molar-refractivity contribution in [3.8, 4) is 11.3 Å². The number of aromatic nitrogens is 1. The molecule has 6 heteroatoms. The van der Waals surface area contributed by atoms with Crippen LogP contribution in [0.5, 0.6) is 0 Å². The van der Waals surface area contributed by atoms with Gasteiger partial charge in [-0.2, -0.15) is 0 Å². The number of benzene rings is 1. The Morgan fingerprint density at radius 1 is 1.25 bits per heavy atom. The molecule has 0 saturated carbocycles. The third kappa shape index (κ3) is 3.72. The molecule has 1 amide bonds. The predicted octanol–water partition coefficient (Wildman–Crippen LogP) is 2.50. The van der Waals surface area contributed by atoms with Gasteiger partial charge in [0.1, 0.15) is 11.4 Å². The van der Waals surface area contributed by atoms with Crippen molar-refractivity contribution in [3.05, 3.63) is 66.2 Å². The average molecular weight is 326 g/mol. The molecule has 3 rings (SSSR count). The topological polar surface area (TPSA) is 88.5 Å². The number of rotatable bonds is 6. The maximum Gasteiger partial charge on any atom is 0.226 e. The third-order valence-electron chi connectivity index (χ3n) is 3.64. The van der Waals surface area contributed by atoms with Crippen LogP contribution in [0.3, 0.4) is 0 Å². The van der Waals surface area contributed by atoms with Crippen LogP contribution in [-0.4, -0.2) is 22.7 Å². The van der Waals surface area contributed by atoms with E-state index in [-0.39, 0.29) is 18.9 Å². The van der Waals surface area contributed by atoms with Gasteiger partial charge < -0.3 is 19.4 Å². The molecule has 0 aliphatic carbocycles. The molecule has 2 N–H and O–H groups in total. The lowest BCUT2D eigenvalue weighted by Gasteiger charge is -2.20. The van der Waals surface area contributed by atoms with Gasteiger partial charge in [-0.3, -0.25) is 4.79 Å². The van der Waals surface area contributed by atoms with Gasteiger partial charge in [0.2, 0.25) is 5.91 Å². The fourth-order valence-corrected chi connectivity index (χ4v) is 2.30. The molecule has 3 aromatic rings. The smallest absolute Gasteiger partial charge is 0.226 e. The summed E-state index contributed by atoms with van der Waals surface area (Å²) in [6.07, 6.45) is 1.55. The van der Waals surface area contributed by atoms with Crippen molar-refractivity contribution in [1.82, 2.24) is 10.5 Å². The molecule has 2 heterocycles. The SMILES string of the molecule is C[C@](O)(CNC(=O)Cc1cc(-c2ccccc2)on1)c1ccco1. The summed E-state index contributed by atoms with van der Waals surface area (Å²) in [7, 11) is 0. The monoisotopic (exact) mass is 326 g/mol. The molecule has 1 atom stereocenters. The van der Waals surface area contributed by atoms with Crippen LogP contribution in [-0.2, 0) is 16.8 Å². The summed E-state index contributed by atoms with van der Waals surface area (Å²) in [6, 6.07) is 14.6. The first kappa shape index (κ1) is 16.0. The molecule has 0 aliphatic rings. The highest BCUT2D eigenvalue weighted by Crippen LogP contribution is 2.21. The van der Waals surface area contributed by atoms with Crippen LogP contribution < -0.4 is 5.32 Å². The van der Waals surface area contributed by atoms with E-state index in [2.05, 4.69) is 10.5 Å². The number of carbonyl (C=O) groups excluding carboxylic acids is 1. The molecule has 1 aromatic carbocycles. The van der Waals surface area contributed by atoms with Crippen molar-refractivity contribution in [2.75, 3.05) is 6.54 Å². The van der Waals surface area contributed by atoms with Crippen molar-refractivity contribution in [3.63, 3.8) is 0 Å². The normalized spacial score (nSPS) is 13.4. The van der Waals surface area contributed by atoms with E-state index in [1.54, 1.807) is 25.1 Å². The molecular weight excluding hydrogens is 308 g/mol. The van der Waals surface area contributed by atoms with E-state index in [4.69, 9.17) is 8.94 Å². The van der Waals surface area contributed by atoms with Crippen LogP contribution in [0, 0.1) is 0 Å². The summed E-state index contributed by atoms with van der Waals surface area (Å²) in [5.41, 5.74) is 0.166. The van der Waals surface area contributed by atoms with E-state index in [1.807, 2.05) is 30.3 Å². The van der Waals surface area contributed by atoms with Gasteiger partial charge in [0.25, 0.3) is 0 Å². The maximum absolute atomic E-state index is 12.0. The van der Waals surface area contributed by atoms with Gasteiger partial charge >= 0.3 is 0 Å². The van der Waals surface area contributed by atoms with Gasteiger partial charge in [0.05, 0.1) is 24.9 Å². The Hall–Kier alpha value is -2.86. The fourth-order valence-electron chi connectivity index (χ4n) is 2.30. The third-order valence-corrected chi connectivity index (χ3v) is 3.64. The highest BCUT2D eigenvalue weighted by Gasteiger charge is 2.26. The summed E-state index contributed by atoms with van der Waals surface area (Å²) in [6.45, 7) is 1.62. The molecule has 0 fully saturated rings. The van der Waals surface area contributed by atoms with Crippen LogP contribution in [0.1, 0.15) is 18.4 Å². The van der Waals surface area contributed by atoms with E-state index < -0.39 is 5.60 Å². The van der Waals surface area contributed by atoms with Crippen LogP contribution in [0.15, 0.2) is 63.7 Å². The molecule has 0 spiro atoms. The average Bonchev–Trinajstić information content (AvgIpc) is 3.26. The van der Waals surface area contributed by atoms with Gasteiger partial charge in [-0.15, -0.1) is 0 Å². The molecule has 124 valence electrons. The lowest BCUT2D eigenvalue weighted by atomic mass is 10.0. The lowest BCUT2D eigenvalue weighted by molar-refractivity contribution is -0.121. The van der Waals surface area contributed by atoms with E-state index in [1.165, 1.54) is 6.26 Å². The largest absolute Gasteiger partial charge is 0.466 e. The van der Waals surface area contributed by atoms with Crippen molar-refractivity contribution >= 4 is 5.91 Å². The molecule has 2 aromatic heterocycles. The Balaban J connectivity index is 1.57. The van der Waals surface area contributed by atoms with E-state index in [9.17, 15) is 9.90 Å². The second kappa shape index (κ2) is 6.72. The van der Waals surface area contributed by atoms with Gasteiger partial charge in [-0.1, -0.05) is 35.5 Å². The Morgan fingerprint density at radius 2 is 2.04 bits per heavy atom. The Bertz CT molecular complexity index is 792. The Kier molecular flexibility index (Phi) is 4.48. The number of hydrogen-bond acceptors (Lipinski definition) is 5. The molecule has 0 aliphatic heterocycles. The summed E-state index contributed by atoms with van der Waals surface area (Å²) in [4.78, 5) is 12.0. The summed E-state index contributed by atoms with van der Waals surface area (Å²) >= 11 is 0. The molecule has 0 unspecified atom stereocenters. The molecular formula is C18H18N2O4. The van der Waals surface area contributed by atoms with Crippen molar-refractivity contribution in [1.29, 1.82) is 0 Å². The highest BCUT2D eigenvalue weighted by molar-refractivity contribution is 5.78. The first-order chi connectivity index (χ1) is 11.5. The van der Waals surface area contributed by atoms with Crippen molar-refractivity contribution < 1.29 is 18.8 Å². The number of carbonyl (C=O) groups is 1. The molecule has 24 heavy (non-hydrogen) atoms. The minimum atomic E-state index is -1.27. The zero-order chi connectivity index (χ0) is 17.0. The number of amides is 1.